The first kappa shape index (κ1) is 26.4. The monoisotopic (exact) mass is 607 g/mol. The Labute approximate surface area is 269 Å². The standard InChI is InChI=1S/C40H25N5S/c1-3-13-26(14-4-1)37-42-38(27-15-5-2-6-16-27)44-39(43-37)31-25-28(40-41-32-19-9-12-22-36(32)46-40)23-24-35(31)45-33-20-10-7-17-29(33)30-18-8-11-21-34(30)45/h1-25H. The number of rotatable bonds is 5. The lowest BCUT2D eigenvalue weighted by Gasteiger charge is -2.15. The van der Waals surface area contributed by atoms with Crippen LogP contribution in [-0.2, 0) is 0 Å². The Balaban J connectivity index is 1.36. The molecule has 3 heterocycles. The van der Waals surface area contributed by atoms with Gasteiger partial charge in [-0.05, 0) is 42.5 Å². The first-order valence-corrected chi connectivity index (χ1v) is 16.0. The second-order valence-corrected chi connectivity index (χ2v) is 12.2. The second kappa shape index (κ2) is 10.9. The molecule has 0 spiro atoms. The Kier molecular flexibility index (Phi) is 6.25. The molecular formula is C40H25N5S. The maximum Gasteiger partial charge on any atom is 0.166 e. The Bertz CT molecular complexity index is 2390. The van der Waals surface area contributed by atoms with Crippen molar-refractivity contribution in [3.05, 3.63) is 152 Å². The van der Waals surface area contributed by atoms with E-state index in [1.54, 1.807) is 11.3 Å². The predicted octanol–water partition coefficient (Wildman–Crippen LogP) is 10.2. The third-order valence-corrected chi connectivity index (χ3v) is 9.38. The zero-order chi connectivity index (χ0) is 30.5. The smallest absolute Gasteiger partial charge is 0.166 e. The van der Waals surface area contributed by atoms with E-state index in [9.17, 15) is 0 Å². The van der Waals surface area contributed by atoms with Crippen LogP contribution in [-0.4, -0.2) is 24.5 Å². The van der Waals surface area contributed by atoms with Gasteiger partial charge < -0.3 is 4.57 Å². The molecule has 46 heavy (non-hydrogen) atoms. The zero-order valence-corrected chi connectivity index (χ0v) is 25.4. The molecule has 216 valence electrons. The number of fused-ring (bicyclic) bond motifs is 4. The SMILES string of the molecule is c1ccc(-c2nc(-c3ccccc3)nc(-c3cc(-c4nc5ccccc5s4)ccc3-n3c4ccccc4c4ccccc43)n2)cc1. The molecule has 3 aromatic heterocycles. The van der Waals surface area contributed by atoms with Crippen LogP contribution < -0.4 is 0 Å². The molecule has 0 saturated carbocycles. The van der Waals surface area contributed by atoms with Crippen molar-refractivity contribution in [3.63, 3.8) is 0 Å². The summed E-state index contributed by atoms with van der Waals surface area (Å²) in [5, 5.41) is 3.35. The van der Waals surface area contributed by atoms with E-state index in [4.69, 9.17) is 19.9 Å². The van der Waals surface area contributed by atoms with Gasteiger partial charge >= 0.3 is 0 Å². The van der Waals surface area contributed by atoms with Crippen molar-refractivity contribution in [2.45, 2.75) is 0 Å². The van der Waals surface area contributed by atoms with Crippen LogP contribution in [0.15, 0.2) is 152 Å². The van der Waals surface area contributed by atoms with E-state index in [0.717, 1.165) is 54.2 Å². The quantitative estimate of drug-likeness (QED) is 0.195. The van der Waals surface area contributed by atoms with E-state index in [-0.39, 0.29) is 0 Å². The van der Waals surface area contributed by atoms with Crippen molar-refractivity contribution >= 4 is 43.4 Å². The highest BCUT2D eigenvalue weighted by atomic mass is 32.1. The number of hydrogen-bond acceptors (Lipinski definition) is 5. The van der Waals surface area contributed by atoms with Crippen molar-refractivity contribution in [1.82, 2.24) is 24.5 Å². The van der Waals surface area contributed by atoms with Crippen LogP contribution in [0.3, 0.4) is 0 Å². The maximum absolute atomic E-state index is 5.16. The van der Waals surface area contributed by atoms with Crippen LogP contribution >= 0.6 is 11.3 Å². The summed E-state index contributed by atoms with van der Waals surface area (Å²) in [4.78, 5) is 20.3. The van der Waals surface area contributed by atoms with Crippen LogP contribution in [0.25, 0.3) is 82.4 Å². The molecule has 5 nitrogen and oxygen atoms in total. The zero-order valence-electron chi connectivity index (χ0n) is 24.6. The summed E-state index contributed by atoms with van der Waals surface area (Å²) in [5.41, 5.74) is 8.02. The van der Waals surface area contributed by atoms with Crippen LogP contribution in [0.4, 0.5) is 0 Å². The van der Waals surface area contributed by atoms with E-state index in [1.807, 2.05) is 66.7 Å². The minimum absolute atomic E-state index is 0.604. The number of benzene rings is 6. The summed E-state index contributed by atoms with van der Waals surface area (Å²) < 4.78 is 3.49. The summed E-state index contributed by atoms with van der Waals surface area (Å²) in [6, 6.07) is 52.2. The highest BCUT2D eigenvalue weighted by Crippen LogP contribution is 2.39. The van der Waals surface area contributed by atoms with Gasteiger partial charge in [-0.3, -0.25) is 0 Å². The molecule has 0 fully saturated rings. The summed E-state index contributed by atoms with van der Waals surface area (Å²) in [6.45, 7) is 0. The largest absolute Gasteiger partial charge is 0.309 e. The molecule has 6 heteroatoms. The number of nitrogens with zero attached hydrogens (tertiary/aromatic N) is 5. The van der Waals surface area contributed by atoms with E-state index in [1.165, 1.54) is 10.8 Å². The molecule has 0 atom stereocenters. The number of para-hydroxylation sites is 3. The van der Waals surface area contributed by atoms with Crippen molar-refractivity contribution in [2.24, 2.45) is 0 Å². The molecule has 6 aromatic carbocycles. The maximum atomic E-state index is 5.16. The fourth-order valence-corrected chi connectivity index (χ4v) is 7.11. The minimum Gasteiger partial charge on any atom is -0.309 e. The fraction of sp³-hybridized carbons (Fsp3) is 0. The van der Waals surface area contributed by atoms with Crippen molar-refractivity contribution in [3.8, 4) is 50.4 Å². The topological polar surface area (TPSA) is 56.5 Å². The van der Waals surface area contributed by atoms with Crippen molar-refractivity contribution in [1.29, 1.82) is 0 Å². The van der Waals surface area contributed by atoms with Crippen LogP contribution in [0.5, 0.6) is 0 Å². The average molecular weight is 608 g/mol. The highest BCUT2D eigenvalue weighted by Gasteiger charge is 2.20. The van der Waals surface area contributed by atoms with E-state index < -0.39 is 0 Å². The van der Waals surface area contributed by atoms with Gasteiger partial charge in [-0.15, -0.1) is 11.3 Å². The second-order valence-electron chi connectivity index (χ2n) is 11.1. The summed E-state index contributed by atoms with van der Waals surface area (Å²) in [6.07, 6.45) is 0. The van der Waals surface area contributed by atoms with Gasteiger partial charge in [0.2, 0.25) is 0 Å². The molecule has 0 unspecified atom stereocenters. The Hall–Kier alpha value is -5.98. The lowest BCUT2D eigenvalue weighted by atomic mass is 10.1. The summed E-state index contributed by atoms with van der Waals surface area (Å²) >= 11 is 1.69. The molecular weight excluding hydrogens is 583 g/mol. The van der Waals surface area contributed by atoms with E-state index in [0.29, 0.717) is 17.5 Å². The van der Waals surface area contributed by atoms with Gasteiger partial charge in [-0.1, -0.05) is 109 Å². The van der Waals surface area contributed by atoms with Gasteiger partial charge in [0, 0.05) is 33.0 Å². The molecule has 0 aliphatic heterocycles. The first-order chi connectivity index (χ1) is 22.8. The molecule has 0 N–H and O–H groups in total. The Morgan fingerprint density at radius 3 is 1.61 bits per heavy atom. The first-order valence-electron chi connectivity index (χ1n) is 15.2. The minimum atomic E-state index is 0.604. The lowest BCUT2D eigenvalue weighted by molar-refractivity contribution is 1.06. The van der Waals surface area contributed by atoms with Crippen LogP contribution in [0, 0.1) is 0 Å². The van der Waals surface area contributed by atoms with Gasteiger partial charge in [0.1, 0.15) is 5.01 Å². The lowest BCUT2D eigenvalue weighted by Crippen LogP contribution is -2.04. The van der Waals surface area contributed by atoms with E-state index >= 15 is 0 Å². The highest BCUT2D eigenvalue weighted by molar-refractivity contribution is 7.21. The van der Waals surface area contributed by atoms with Gasteiger partial charge in [-0.2, -0.15) is 0 Å². The molecule has 0 aliphatic carbocycles. The molecule has 0 aliphatic rings. The average Bonchev–Trinajstić information content (AvgIpc) is 3.72. The summed E-state index contributed by atoms with van der Waals surface area (Å²) in [5.74, 6) is 1.86. The third-order valence-electron chi connectivity index (χ3n) is 8.30. The van der Waals surface area contributed by atoms with Gasteiger partial charge in [0.05, 0.1) is 26.9 Å². The van der Waals surface area contributed by atoms with Crippen molar-refractivity contribution < 1.29 is 0 Å². The normalized spacial score (nSPS) is 11.5. The molecule has 9 aromatic rings. The van der Waals surface area contributed by atoms with Gasteiger partial charge in [-0.25, -0.2) is 19.9 Å². The number of aromatic nitrogens is 5. The van der Waals surface area contributed by atoms with Gasteiger partial charge in [0.25, 0.3) is 0 Å². The number of hydrogen-bond donors (Lipinski definition) is 0. The molecule has 0 amide bonds. The fourth-order valence-electron chi connectivity index (χ4n) is 6.15. The third kappa shape index (κ3) is 4.47. The predicted molar refractivity (Wildman–Crippen MR) is 189 cm³/mol. The van der Waals surface area contributed by atoms with Crippen LogP contribution in [0.2, 0.25) is 0 Å². The molecule has 0 saturated heterocycles. The molecule has 0 bridgehead atoms. The molecule has 0 radical (unpaired) electrons. The Morgan fingerprint density at radius 2 is 0.978 bits per heavy atom. The number of thiazole rings is 1. The summed E-state index contributed by atoms with van der Waals surface area (Å²) in [7, 11) is 0. The van der Waals surface area contributed by atoms with E-state index in [2.05, 4.69) is 89.5 Å². The molecule has 9 rings (SSSR count). The van der Waals surface area contributed by atoms with Gasteiger partial charge in [0.15, 0.2) is 17.5 Å². The Morgan fingerprint density at radius 1 is 0.435 bits per heavy atom. The van der Waals surface area contributed by atoms with Crippen molar-refractivity contribution in [2.75, 3.05) is 0 Å². The van der Waals surface area contributed by atoms with Crippen LogP contribution in [0.1, 0.15) is 0 Å².